The Morgan fingerprint density at radius 3 is 2.43 bits per heavy atom. The molecule has 0 amide bonds. The molecule has 0 fully saturated rings. The molecule has 0 aromatic heterocycles. The lowest BCUT2D eigenvalue weighted by atomic mass is 10.3. The minimum Gasteiger partial charge on any atom is -0.399 e. The number of para-hydroxylation sites is 1. The van der Waals surface area contributed by atoms with Crippen molar-refractivity contribution in [3.8, 4) is 0 Å². The molecular weight excluding hydrogens is 86.1 g/mol. The molecule has 1 aromatic carbocycles. The topological polar surface area (TPSA) is 26.0 Å². The standard InChI is InChI=1S/C6H7N/c7-6-4-2-1-3-5-6/h1-5H,7H2/i/hD. The molecule has 36 valence electrons. The van der Waals surface area contributed by atoms with E-state index in [9.17, 15) is 0 Å². The molecule has 0 bridgehead atoms. The van der Waals surface area contributed by atoms with Crippen LogP contribution in [-0.4, -0.2) is 0 Å². The second kappa shape index (κ2) is 1.65. The van der Waals surface area contributed by atoms with Crippen LogP contribution in [-0.2, 0) is 0 Å². The molecule has 0 spiro atoms. The Balaban J connectivity index is 2.83. The second-order valence-electron chi connectivity index (χ2n) is 1.37. The van der Waals surface area contributed by atoms with Gasteiger partial charge in [-0.25, -0.2) is 0 Å². The van der Waals surface area contributed by atoms with Crippen molar-refractivity contribution in [3.63, 3.8) is 0 Å². The number of benzene rings is 1. The molecule has 7 heavy (non-hydrogen) atoms. The summed E-state index contributed by atoms with van der Waals surface area (Å²) in [7, 11) is 0. The maximum Gasteiger partial charge on any atom is 0.156 e. The van der Waals surface area contributed by atoms with Gasteiger partial charge in [0.1, 0.15) is 0 Å². The van der Waals surface area contributed by atoms with Crippen molar-refractivity contribution in [1.82, 2.24) is 0 Å². The molecule has 0 heterocycles. The molecule has 0 unspecified atom stereocenters. The third-order valence-corrected chi connectivity index (χ3v) is 0.774. The van der Waals surface area contributed by atoms with Crippen LogP contribution in [0.25, 0.3) is 0 Å². The molecular formula is C6H7N. The van der Waals surface area contributed by atoms with Crippen molar-refractivity contribution < 1.29 is 1.41 Å². The molecule has 1 heteroatoms. The zero-order chi connectivity index (χ0) is 5.82. The minimum atomic E-state index is 0.826. The van der Waals surface area contributed by atoms with Gasteiger partial charge >= 0.3 is 0 Å². The van der Waals surface area contributed by atoms with Gasteiger partial charge in [-0.3, -0.25) is 0 Å². The lowest BCUT2D eigenvalue weighted by Gasteiger charge is -1.83. The van der Waals surface area contributed by atoms with Gasteiger partial charge in [0.2, 0.25) is 0 Å². The molecule has 1 nitrogen and oxygen atoms in total. The van der Waals surface area contributed by atoms with Gasteiger partial charge in [-0.15, -0.1) is 0 Å². The van der Waals surface area contributed by atoms with Crippen molar-refractivity contribution in [2.75, 3.05) is 5.73 Å². The Kier molecular flexibility index (Phi) is 0.724. The van der Waals surface area contributed by atoms with Gasteiger partial charge in [-0.1, -0.05) is 18.2 Å². The summed E-state index contributed by atoms with van der Waals surface area (Å²) < 4.78 is 6.69. The monoisotopic (exact) mass is 94.1 g/mol. The summed E-state index contributed by atoms with van der Waals surface area (Å²) >= 11 is 0. The van der Waals surface area contributed by atoms with E-state index in [1.807, 2.05) is 30.3 Å². The van der Waals surface area contributed by atoms with E-state index >= 15 is 0 Å². The summed E-state index contributed by atoms with van der Waals surface area (Å²) in [6.07, 6.45) is 0. The lowest BCUT2D eigenvalue weighted by molar-refractivity contribution is 1.69. The summed E-state index contributed by atoms with van der Waals surface area (Å²) in [5.41, 5.74) is 3.10. The Labute approximate surface area is 44.2 Å². The third-order valence-electron chi connectivity index (χ3n) is 0.774. The number of hydrogen-bond donors (Lipinski definition) is 1. The SMILES string of the molecule is [2H]Nc1ccccc1. The van der Waals surface area contributed by atoms with Gasteiger partial charge in [0, 0.05) is 5.69 Å². The Hall–Kier alpha value is -0.980. The van der Waals surface area contributed by atoms with Crippen LogP contribution < -0.4 is 5.73 Å². The number of nitrogens with two attached hydrogens (primary N) is 1. The predicted octanol–water partition coefficient (Wildman–Crippen LogP) is 1.27. The highest BCUT2D eigenvalue weighted by Gasteiger charge is 1.72. The van der Waals surface area contributed by atoms with Crippen LogP contribution >= 0.6 is 0 Å². The molecule has 0 aliphatic heterocycles. The average Bonchev–Trinajstić information content (AvgIpc) is 1.90. The molecule has 2 N–H and O–H groups in total. The quantitative estimate of drug-likeness (QED) is 0.521. The van der Waals surface area contributed by atoms with Crippen molar-refractivity contribution in [3.05, 3.63) is 30.3 Å². The lowest BCUT2D eigenvalue weighted by Crippen LogP contribution is -1.79. The summed E-state index contributed by atoms with van der Waals surface area (Å²) in [5, 5.41) is 0. The average molecular weight is 94.1 g/mol. The van der Waals surface area contributed by atoms with Crippen molar-refractivity contribution >= 4 is 5.69 Å². The van der Waals surface area contributed by atoms with Crippen molar-refractivity contribution in [2.24, 2.45) is 0 Å². The predicted molar refractivity (Wildman–Crippen MR) is 30.9 cm³/mol. The van der Waals surface area contributed by atoms with Crippen LogP contribution in [0.1, 0.15) is 0 Å². The van der Waals surface area contributed by atoms with Crippen molar-refractivity contribution in [1.29, 1.82) is 0 Å². The number of nitrogen functional groups attached to an aromatic ring is 1. The maximum atomic E-state index is 6.69. The van der Waals surface area contributed by atoms with Gasteiger partial charge in [0.25, 0.3) is 0 Å². The molecule has 0 saturated carbocycles. The number of anilines is 1. The Bertz CT molecular complexity index is 150. The smallest absolute Gasteiger partial charge is 0.156 e. The van der Waals surface area contributed by atoms with E-state index in [-0.39, 0.29) is 0 Å². The normalized spacial score (nSPS) is 10.0. The zero-order valence-electron chi connectivity index (χ0n) is 4.89. The van der Waals surface area contributed by atoms with Crippen LogP contribution in [0, 0.1) is 0 Å². The minimum absolute atomic E-state index is 0.826. The summed E-state index contributed by atoms with van der Waals surface area (Å²) in [6, 6.07) is 9.37. The molecule has 1 rings (SSSR count). The molecule has 0 saturated heterocycles. The second-order valence-corrected chi connectivity index (χ2v) is 1.37. The van der Waals surface area contributed by atoms with E-state index in [0.717, 1.165) is 5.69 Å². The highest BCUT2D eigenvalue weighted by atomic mass is 14.5. The first-order chi connectivity index (χ1) is 3.93. The van der Waals surface area contributed by atoms with E-state index in [0.29, 0.717) is 0 Å². The number of hydrogen-bond acceptors (Lipinski definition) is 1. The maximum absolute atomic E-state index is 6.69. The van der Waals surface area contributed by atoms with Gasteiger partial charge in [0.15, 0.2) is 1.41 Å². The highest BCUT2D eigenvalue weighted by Crippen LogP contribution is 1.95. The van der Waals surface area contributed by atoms with Crippen LogP contribution in [0.3, 0.4) is 0 Å². The third kappa shape index (κ3) is 0.929. The zero-order valence-corrected chi connectivity index (χ0v) is 3.89. The van der Waals surface area contributed by atoms with E-state index < -0.39 is 0 Å². The van der Waals surface area contributed by atoms with Gasteiger partial charge in [-0.05, 0) is 12.1 Å². The van der Waals surface area contributed by atoms with Gasteiger partial charge < -0.3 is 5.73 Å². The van der Waals surface area contributed by atoms with Crippen molar-refractivity contribution in [2.45, 2.75) is 0 Å². The highest BCUT2D eigenvalue weighted by molar-refractivity contribution is 5.35. The van der Waals surface area contributed by atoms with Crippen LogP contribution in [0.15, 0.2) is 30.3 Å². The molecule has 0 atom stereocenters. The molecule has 0 aliphatic carbocycles. The van der Waals surface area contributed by atoms with Crippen LogP contribution in [0.2, 0.25) is 1.41 Å². The van der Waals surface area contributed by atoms with Gasteiger partial charge in [0.05, 0.1) is 0 Å². The van der Waals surface area contributed by atoms with E-state index in [1.165, 1.54) is 0 Å². The Morgan fingerprint density at radius 2 is 2.00 bits per heavy atom. The first-order valence-electron chi connectivity index (χ1n) is 2.66. The summed E-state index contributed by atoms with van der Waals surface area (Å²) in [4.78, 5) is 0. The fourth-order valence-electron chi connectivity index (χ4n) is 0.438. The van der Waals surface area contributed by atoms with E-state index in [2.05, 4.69) is 5.73 Å². The molecule has 0 radical (unpaired) electrons. The summed E-state index contributed by atoms with van der Waals surface area (Å²) in [6.45, 7) is 0. The van der Waals surface area contributed by atoms with Crippen LogP contribution in [0.5, 0.6) is 0 Å². The number of rotatable bonds is 1. The largest absolute Gasteiger partial charge is 0.399 e. The molecule has 0 aliphatic rings. The fourth-order valence-corrected chi connectivity index (χ4v) is 0.438. The van der Waals surface area contributed by atoms with Crippen LogP contribution in [0.4, 0.5) is 5.69 Å². The summed E-state index contributed by atoms with van der Waals surface area (Å²) in [5.74, 6) is 0. The fraction of sp³-hybridized carbons (Fsp3) is 0. The first kappa shape index (κ1) is 3.08. The Morgan fingerprint density at radius 1 is 1.29 bits per heavy atom. The van der Waals surface area contributed by atoms with Gasteiger partial charge in [-0.2, -0.15) is 0 Å². The molecule has 1 aromatic rings. The van der Waals surface area contributed by atoms with E-state index in [1.54, 1.807) is 0 Å². The first-order valence-corrected chi connectivity index (χ1v) is 2.16. The van der Waals surface area contributed by atoms with E-state index in [4.69, 9.17) is 1.41 Å².